The van der Waals surface area contributed by atoms with Crippen LogP contribution < -0.4 is 0 Å². The van der Waals surface area contributed by atoms with E-state index in [4.69, 9.17) is 0 Å². The van der Waals surface area contributed by atoms with Gasteiger partial charge < -0.3 is 5.11 Å². The van der Waals surface area contributed by atoms with E-state index < -0.39 is 5.97 Å². The highest BCUT2D eigenvalue weighted by Gasteiger charge is 2.18. The minimum Gasteiger partial charge on any atom is -0.481 e. The maximum Gasteiger partial charge on any atom is 0.306 e. The van der Waals surface area contributed by atoms with Gasteiger partial charge >= 0.3 is 5.97 Å². The lowest BCUT2D eigenvalue weighted by Crippen LogP contribution is -2.15. The van der Waals surface area contributed by atoms with Crippen LogP contribution in [0.5, 0.6) is 0 Å². The number of rotatable bonds is 17. The maximum absolute atomic E-state index is 11.5. The van der Waals surface area contributed by atoms with E-state index in [0.29, 0.717) is 5.92 Å². The molecule has 0 radical (unpaired) electrons. The number of aliphatic carboxylic acids is 1. The molecule has 2 atom stereocenters. The first-order valence-corrected chi connectivity index (χ1v) is 10.7. The van der Waals surface area contributed by atoms with Gasteiger partial charge in [0.25, 0.3) is 0 Å². The molecule has 0 aromatic heterocycles. The molecule has 0 amide bonds. The van der Waals surface area contributed by atoms with E-state index in [1.54, 1.807) is 0 Å². The van der Waals surface area contributed by atoms with Crippen LogP contribution in [0.15, 0.2) is 0 Å². The van der Waals surface area contributed by atoms with E-state index in [1.165, 1.54) is 64.2 Å². The van der Waals surface area contributed by atoms with Gasteiger partial charge in [0.05, 0.1) is 5.92 Å². The second-order valence-corrected chi connectivity index (χ2v) is 8.31. The van der Waals surface area contributed by atoms with Gasteiger partial charge in [-0.2, -0.15) is 0 Å². The molecule has 0 heterocycles. The lowest BCUT2D eigenvalue weighted by atomic mass is 9.89. The number of hydrogen-bond donors (Lipinski definition) is 1. The summed E-state index contributed by atoms with van der Waals surface area (Å²) in [6, 6.07) is 0. The molecule has 0 fully saturated rings. The summed E-state index contributed by atoms with van der Waals surface area (Å²) in [5, 5.41) is 9.43. The Morgan fingerprint density at radius 3 is 1.83 bits per heavy atom. The molecule has 0 aromatic rings. The normalized spacial score (nSPS) is 14.0. The van der Waals surface area contributed by atoms with Gasteiger partial charge in [-0.3, -0.25) is 4.79 Å². The van der Waals surface area contributed by atoms with Crippen molar-refractivity contribution >= 4 is 5.97 Å². The predicted molar refractivity (Wildman–Crippen MR) is 105 cm³/mol. The van der Waals surface area contributed by atoms with E-state index >= 15 is 0 Å². The molecule has 0 bridgehead atoms. The summed E-state index contributed by atoms with van der Waals surface area (Å²) < 4.78 is 0. The van der Waals surface area contributed by atoms with E-state index in [9.17, 15) is 9.90 Å². The van der Waals surface area contributed by atoms with Gasteiger partial charge in [-0.25, -0.2) is 0 Å². The van der Waals surface area contributed by atoms with Gasteiger partial charge in [-0.1, -0.05) is 98.3 Å². The molecular weight excluding hydrogens is 296 g/mol. The molecule has 144 valence electrons. The van der Waals surface area contributed by atoms with Crippen molar-refractivity contribution in [2.45, 2.75) is 118 Å². The Morgan fingerprint density at radius 1 is 0.708 bits per heavy atom. The van der Waals surface area contributed by atoms with Gasteiger partial charge in [0.2, 0.25) is 0 Å². The highest BCUT2D eigenvalue weighted by Crippen LogP contribution is 2.23. The van der Waals surface area contributed by atoms with Crippen LogP contribution in [0.3, 0.4) is 0 Å². The highest BCUT2D eigenvalue weighted by atomic mass is 16.4. The fourth-order valence-electron chi connectivity index (χ4n) is 3.42. The Morgan fingerprint density at radius 2 is 1.29 bits per heavy atom. The summed E-state index contributed by atoms with van der Waals surface area (Å²) in [6.45, 7) is 9.08. The Bertz CT molecular complexity index is 286. The standard InChI is InChI=1S/C22H44O2/c1-5-6-7-8-9-10-11-12-16-21(22(23)24)18-17-20(4)15-13-14-19(2)3/h19-21H,5-18H2,1-4H3,(H,23,24). The first kappa shape index (κ1) is 23.5. The summed E-state index contributed by atoms with van der Waals surface area (Å²) >= 11 is 0. The molecular formula is C22H44O2. The van der Waals surface area contributed by atoms with Crippen LogP contribution in [0.2, 0.25) is 0 Å². The SMILES string of the molecule is CCCCCCCCCCC(CCC(C)CCCC(C)C)C(=O)O. The minimum atomic E-state index is -0.577. The molecule has 2 nitrogen and oxygen atoms in total. The zero-order valence-electron chi connectivity index (χ0n) is 17.0. The van der Waals surface area contributed by atoms with E-state index in [0.717, 1.165) is 31.6 Å². The molecule has 0 saturated carbocycles. The van der Waals surface area contributed by atoms with Gasteiger partial charge in [-0.05, 0) is 31.1 Å². The summed E-state index contributed by atoms with van der Waals surface area (Å²) in [7, 11) is 0. The van der Waals surface area contributed by atoms with Crippen molar-refractivity contribution in [2.75, 3.05) is 0 Å². The minimum absolute atomic E-state index is 0.113. The van der Waals surface area contributed by atoms with E-state index in [1.807, 2.05) is 0 Å². The Kier molecular flexibility index (Phi) is 15.6. The summed E-state index contributed by atoms with van der Waals surface area (Å²) in [4.78, 5) is 11.5. The molecule has 24 heavy (non-hydrogen) atoms. The van der Waals surface area contributed by atoms with Crippen molar-refractivity contribution in [1.82, 2.24) is 0 Å². The molecule has 0 aromatic carbocycles. The lowest BCUT2D eigenvalue weighted by Gasteiger charge is -2.16. The number of unbranched alkanes of at least 4 members (excludes halogenated alkanes) is 7. The van der Waals surface area contributed by atoms with Crippen LogP contribution in [0.25, 0.3) is 0 Å². The third-order valence-electron chi connectivity index (χ3n) is 5.24. The van der Waals surface area contributed by atoms with Crippen molar-refractivity contribution in [1.29, 1.82) is 0 Å². The topological polar surface area (TPSA) is 37.3 Å². The van der Waals surface area contributed by atoms with E-state index in [2.05, 4.69) is 27.7 Å². The third-order valence-corrected chi connectivity index (χ3v) is 5.24. The first-order valence-electron chi connectivity index (χ1n) is 10.7. The average molecular weight is 341 g/mol. The molecule has 0 spiro atoms. The van der Waals surface area contributed by atoms with Crippen LogP contribution in [-0.2, 0) is 4.79 Å². The van der Waals surface area contributed by atoms with Crippen molar-refractivity contribution < 1.29 is 9.90 Å². The van der Waals surface area contributed by atoms with Crippen molar-refractivity contribution in [3.05, 3.63) is 0 Å². The molecule has 0 rings (SSSR count). The van der Waals surface area contributed by atoms with Crippen molar-refractivity contribution in [2.24, 2.45) is 17.8 Å². The summed E-state index contributed by atoms with van der Waals surface area (Å²) in [5.74, 6) is 0.764. The lowest BCUT2D eigenvalue weighted by molar-refractivity contribution is -0.142. The maximum atomic E-state index is 11.5. The van der Waals surface area contributed by atoms with Crippen LogP contribution in [0.4, 0.5) is 0 Å². The Balaban J connectivity index is 3.72. The Hall–Kier alpha value is -0.530. The second kappa shape index (κ2) is 16.0. The van der Waals surface area contributed by atoms with Crippen molar-refractivity contribution in [3.63, 3.8) is 0 Å². The number of carboxylic acids is 1. The van der Waals surface area contributed by atoms with Crippen LogP contribution in [0.1, 0.15) is 118 Å². The summed E-state index contributed by atoms with van der Waals surface area (Å²) in [6.07, 6.45) is 16.9. The third kappa shape index (κ3) is 15.0. The molecule has 0 aliphatic rings. The molecule has 2 heteroatoms. The van der Waals surface area contributed by atoms with Crippen LogP contribution in [0, 0.1) is 17.8 Å². The van der Waals surface area contributed by atoms with Crippen LogP contribution >= 0.6 is 0 Å². The van der Waals surface area contributed by atoms with Gasteiger partial charge in [0, 0.05) is 0 Å². The highest BCUT2D eigenvalue weighted by molar-refractivity contribution is 5.69. The smallest absolute Gasteiger partial charge is 0.306 e. The fraction of sp³-hybridized carbons (Fsp3) is 0.955. The Labute approximate surface area is 151 Å². The molecule has 1 N–H and O–H groups in total. The molecule has 0 aliphatic carbocycles. The zero-order chi connectivity index (χ0) is 18.2. The molecule has 2 unspecified atom stereocenters. The largest absolute Gasteiger partial charge is 0.481 e. The monoisotopic (exact) mass is 340 g/mol. The van der Waals surface area contributed by atoms with Crippen molar-refractivity contribution in [3.8, 4) is 0 Å². The average Bonchev–Trinajstić information content (AvgIpc) is 2.52. The van der Waals surface area contributed by atoms with Gasteiger partial charge in [0.1, 0.15) is 0 Å². The van der Waals surface area contributed by atoms with Gasteiger partial charge in [0.15, 0.2) is 0 Å². The molecule has 0 aliphatic heterocycles. The zero-order valence-corrected chi connectivity index (χ0v) is 17.0. The fourth-order valence-corrected chi connectivity index (χ4v) is 3.42. The quantitative estimate of drug-likeness (QED) is 0.279. The molecule has 0 saturated heterocycles. The number of carbonyl (C=O) groups is 1. The van der Waals surface area contributed by atoms with Gasteiger partial charge in [-0.15, -0.1) is 0 Å². The number of carboxylic acid groups (broad SMARTS) is 1. The van der Waals surface area contributed by atoms with E-state index in [-0.39, 0.29) is 5.92 Å². The predicted octanol–water partition coefficient (Wildman–Crippen LogP) is 7.46. The second-order valence-electron chi connectivity index (χ2n) is 8.31. The van der Waals surface area contributed by atoms with Crippen LogP contribution in [-0.4, -0.2) is 11.1 Å². The summed E-state index contributed by atoms with van der Waals surface area (Å²) in [5.41, 5.74) is 0. The number of hydrogen-bond acceptors (Lipinski definition) is 1. The first-order chi connectivity index (χ1) is 11.5.